The Hall–Kier alpha value is -2.64. The highest BCUT2D eigenvalue weighted by molar-refractivity contribution is 7.99. The molecule has 0 aliphatic rings. The van der Waals surface area contributed by atoms with Crippen LogP contribution in [0.4, 0.5) is 0 Å². The smallest absolute Gasteiger partial charge is 0.220 e. The van der Waals surface area contributed by atoms with Gasteiger partial charge in [-0.05, 0) is 49.6 Å². The second-order valence-electron chi connectivity index (χ2n) is 8.16. The summed E-state index contributed by atoms with van der Waals surface area (Å²) in [7, 11) is 0. The lowest BCUT2D eigenvalue weighted by molar-refractivity contribution is -0.121. The van der Waals surface area contributed by atoms with Gasteiger partial charge in [0, 0.05) is 35.7 Å². The molecule has 172 valence electrons. The van der Waals surface area contributed by atoms with Crippen molar-refractivity contribution in [2.24, 2.45) is 0 Å². The van der Waals surface area contributed by atoms with Crippen LogP contribution >= 0.6 is 23.4 Å². The Morgan fingerprint density at radius 1 is 1.15 bits per heavy atom. The molecule has 2 aromatic heterocycles. The molecule has 0 bridgehead atoms. The highest BCUT2D eigenvalue weighted by atomic mass is 35.5. The van der Waals surface area contributed by atoms with Gasteiger partial charge in [-0.1, -0.05) is 60.5 Å². The summed E-state index contributed by atoms with van der Waals surface area (Å²) in [5.41, 5.74) is 4.95. The van der Waals surface area contributed by atoms with Crippen molar-refractivity contribution in [1.29, 1.82) is 0 Å². The van der Waals surface area contributed by atoms with Gasteiger partial charge in [-0.2, -0.15) is 0 Å². The van der Waals surface area contributed by atoms with Crippen molar-refractivity contribution < 1.29 is 4.79 Å². The maximum Gasteiger partial charge on any atom is 0.220 e. The van der Waals surface area contributed by atoms with Gasteiger partial charge in [-0.25, -0.2) is 4.98 Å². The van der Waals surface area contributed by atoms with Crippen LogP contribution in [-0.2, 0) is 11.3 Å². The Kier molecular flexibility index (Phi) is 7.83. The van der Waals surface area contributed by atoms with Crippen molar-refractivity contribution in [2.75, 3.05) is 12.3 Å². The van der Waals surface area contributed by atoms with Gasteiger partial charge in [-0.15, -0.1) is 10.2 Å². The molecule has 0 unspecified atom stereocenters. The van der Waals surface area contributed by atoms with Gasteiger partial charge in [0.15, 0.2) is 5.65 Å². The van der Waals surface area contributed by atoms with Crippen LogP contribution in [0.3, 0.4) is 0 Å². The van der Waals surface area contributed by atoms with E-state index >= 15 is 0 Å². The van der Waals surface area contributed by atoms with Crippen LogP contribution in [0, 0.1) is 6.92 Å². The predicted octanol–water partition coefficient (Wildman–Crippen LogP) is 5.78. The van der Waals surface area contributed by atoms with Gasteiger partial charge in [0.25, 0.3) is 0 Å². The van der Waals surface area contributed by atoms with E-state index in [-0.39, 0.29) is 5.91 Å². The lowest BCUT2D eigenvalue weighted by Crippen LogP contribution is -2.24. The molecule has 0 spiro atoms. The summed E-state index contributed by atoms with van der Waals surface area (Å²) in [4.78, 5) is 16.8. The van der Waals surface area contributed by atoms with E-state index in [4.69, 9.17) is 16.6 Å². The number of hydrogen-bond acceptors (Lipinski definition) is 5. The fourth-order valence-electron chi connectivity index (χ4n) is 3.78. The molecule has 6 nitrogen and oxygen atoms in total. The zero-order valence-corrected chi connectivity index (χ0v) is 20.5. The first-order chi connectivity index (χ1) is 16.0. The lowest BCUT2D eigenvalue weighted by atomic mass is 10.1. The molecule has 0 saturated carbocycles. The first-order valence-electron chi connectivity index (χ1n) is 11.3. The van der Waals surface area contributed by atoms with Crippen molar-refractivity contribution in [3.63, 3.8) is 0 Å². The summed E-state index contributed by atoms with van der Waals surface area (Å²) >= 11 is 7.75. The molecule has 2 heterocycles. The number of benzene rings is 2. The van der Waals surface area contributed by atoms with Crippen LogP contribution in [0.1, 0.15) is 43.7 Å². The quantitative estimate of drug-likeness (QED) is 0.229. The zero-order chi connectivity index (χ0) is 23.2. The number of aryl methyl sites for hydroxylation is 1. The third-order valence-corrected chi connectivity index (χ3v) is 6.62. The second-order valence-corrected chi connectivity index (χ2v) is 9.66. The highest BCUT2D eigenvalue weighted by Crippen LogP contribution is 2.29. The number of nitrogens with one attached hydrogen (secondary N) is 1. The van der Waals surface area contributed by atoms with Crippen molar-refractivity contribution in [3.05, 3.63) is 58.6 Å². The fraction of sp³-hybridized carbons (Fsp3) is 0.360. The van der Waals surface area contributed by atoms with Gasteiger partial charge in [-0.3, -0.25) is 4.79 Å². The molecule has 4 rings (SSSR count). The average Bonchev–Trinajstić information content (AvgIpc) is 3.09. The number of unbranched alkanes of at least 4 members (excludes halogenated alkanes) is 1. The molecule has 4 aromatic rings. The lowest BCUT2D eigenvalue weighted by Gasteiger charge is -2.08. The monoisotopic (exact) mass is 481 g/mol. The SMILES string of the molecule is CCCCNC(=O)CCCSc1nnc2c3cc(C)ccc3n(Cc3cccc(Cl)c3)c2n1. The number of nitrogens with zero attached hydrogens (tertiary/aromatic N) is 4. The van der Waals surface area contributed by atoms with Crippen LogP contribution in [-0.4, -0.2) is 38.0 Å². The van der Waals surface area contributed by atoms with Crippen molar-refractivity contribution in [2.45, 2.75) is 51.2 Å². The molecule has 33 heavy (non-hydrogen) atoms. The van der Waals surface area contributed by atoms with Crippen molar-refractivity contribution in [3.8, 4) is 0 Å². The molecule has 1 amide bonds. The predicted molar refractivity (Wildman–Crippen MR) is 136 cm³/mol. The third kappa shape index (κ3) is 5.84. The Balaban J connectivity index is 1.54. The number of carbonyl (C=O) groups excluding carboxylic acids is 1. The van der Waals surface area contributed by atoms with E-state index < -0.39 is 0 Å². The Bertz CT molecular complexity index is 1270. The van der Waals surface area contributed by atoms with Crippen molar-refractivity contribution >= 4 is 51.3 Å². The minimum atomic E-state index is 0.107. The van der Waals surface area contributed by atoms with Crippen LogP contribution in [0.25, 0.3) is 22.1 Å². The molecule has 8 heteroatoms. The zero-order valence-electron chi connectivity index (χ0n) is 19.0. The van der Waals surface area contributed by atoms with Gasteiger partial charge >= 0.3 is 0 Å². The number of thioether (sulfide) groups is 1. The van der Waals surface area contributed by atoms with E-state index in [2.05, 4.69) is 58.2 Å². The normalized spacial score (nSPS) is 11.4. The largest absolute Gasteiger partial charge is 0.356 e. The van der Waals surface area contributed by atoms with Crippen molar-refractivity contribution in [1.82, 2.24) is 25.1 Å². The standard InChI is InChI=1S/C25H28ClN5OS/c1-3-4-12-27-22(32)9-6-13-33-25-28-24-23(29-30-25)20-14-17(2)10-11-21(20)31(24)16-18-7-5-8-19(26)15-18/h5,7-8,10-11,14-15H,3-4,6,9,12-13,16H2,1-2H3,(H,27,32). The average molecular weight is 482 g/mol. The van der Waals surface area contributed by atoms with E-state index in [1.165, 1.54) is 17.3 Å². The molecule has 0 aliphatic heterocycles. The fourth-order valence-corrected chi connectivity index (χ4v) is 4.72. The van der Waals surface area contributed by atoms with E-state index in [1.807, 2.05) is 18.2 Å². The summed E-state index contributed by atoms with van der Waals surface area (Å²) in [5.74, 6) is 0.873. The van der Waals surface area contributed by atoms with Gasteiger partial charge in [0.05, 0.1) is 5.52 Å². The molecule has 0 radical (unpaired) electrons. The highest BCUT2D eigenvalue weighted by Gasteiger charge is 2.16. The van der Waals surface area contributed by atoms with E-state index in [0.717, 1.165) is 59.2 Å². The Labute approximate surface area is 203 Å². The van der Waals surface area contributed by atoms with E-state index in [9.17, 15) is 4.79 Å². The number of hydrogen-bond donors (Lipinski definition) is 1. The molecular formula is C25H28ClN5OS. The maximum absolute atomic E-state index is 11.9. The molecule has 0 aliphatic carbocycles. The van der Waals surface area contributed by atoms with Crippen LogP contribution in [0.5, 0.6) is 0 Å². The Morgan fingerprint density at radius 3 is 2.85 bits per heavy atom. The molecular weight excluding hydrogens is 454 g/mol. The van der Waals surface area contributed by atoms with E-state index in [1.54, 1.807) is 0 Å². The molecule has 0 atom stereocenters. The summed E-state index contributed by atoms with van der Waals surface area (Å²) in [6.07, 6.45) is 3.38. The first-order valence-corrected chi connectivity index (χ1v) is 12.7. The number of carbonyl (C=O) groups is 1. The topological polar surface area (TPSA) is 72.7 Å². The number of aromatic nitrogens is 4. The molecule has 0 fully saturated rings. The number of fused-ring (bicyclic) bond motifs is 3. The number of halogens is 1. The first kappa shape index (κ1) is 23.5. The minimum Gasteiger partial charge on any atom is -0.356 e. The Morgan fingerprint density at radius 2 is 2.03 bits per heavy atom. The number of amides is 1. The van der Waals surface area contributed by atoms with Crippen LogP contribution in [0.2, 0.25) is 5.02 Å². The van der Waals surface area contributed by atoms with Crippen LogP contribution < -0.4 is 5.32 Å². The third-order valence-electron chi connectivity index (χ3n) is 5.46. The van der Waals surface area contributed by atoms with Gasteiger partial charge in [0.2, 0.25) is 11.1 Å². The summed E-state index contributed by atoms with van der Waals surface area (Å²) in [6, 6.07) is 14.2. The number of rotatable bonds is 10. The summed E-state index contributed by atoms with van der Waals surface area (Å²) in [6.45, 7) is 5.58. The molecule has 0 saturated heterocycles. The molecule has 2 aromatic carbocycles. The van der Waals surface area contributed by atoms with Gasteiger partial charge < -0.3 is 9.88 Å². The maximum atomic E-state index is 11.9. The summed E-state index contributed by atoms with van der Waals surface area (Å²) in [5, 5.41) is 14.2. The summed E-state index contributed by atoms with van der Waals surface area (Å²) < 4.78 is 2.18. The van der Waals surface area contributed by atoms with Crippen LogP contribution in [0.15, 0.2) is 47.6 Å². The van der Waals surface area contributed by atoms with Gasteiger partial charge in [0.1, 0.15) is 5.52 Å². The minimum absolute atomic E-state index is 0.107. The molecule has 1 N–H and O–H groups in total. The second kappa shape index (κ2) is 11.0. The van der Waals surface area contributed by atoms with E-state index in [0.29, 0.717) is 23.1 Å².